The molecular formula is C19H21Cl2N3O3. The van der Waals surface area contributed by atoms with E-state index in [-0.39, 0.29) is 19.6 Å². The van der Waals surface area contributed by atoms with Crippen LogP contribution in [0.3, 0.4) is 0 Å². The quantitative estimate of drug-likeness (QED) is 0.709. The van der Waals surface area contributed by atoms with E-state index in [0.29, 0.717) is 28.3 Å². The normalized spacial score (nSPS) is 14.7. The topological polar surface area (TPSA) is 55.3 Å². The molecule has 1 aliphatic rings. The maximum absolute atomic E-state index is 6.32. The summed E-state index contributed by atoms with van der Waals surface area (Å²) in [6.07, 6.45) is 0.0525. The Bertz CT molecular complexity index is 797. The van der Waals surface area contributed by atoms with Crippen molar-refractivity contribution in [2.24, 2.45) is 4.99 Å². The number of nitrogens with zero attached hydrogens (tertiary/aromatic N) is 2. The fourth-order valence-electron chi connectivity index (χ4n) is 2.49. The number of ether oxygens (including phenoxy) is 1. The number of benzene rings is 2. The first-order chi connectivity index (χ1) is 13.0. The highest BCUT2D eigenvalue weighted by Crippen LogP contribution is 2.28. The Morgan fingerprint density at radius 2 is 1.93 bits per heavy atom. The molecule has 3 rings (SSSR count). The van der Waals surface area contributed by atoms with Crippen LogP contribution in [0.1, 0.15) is 19.4 Å². The third-order valence-corrected chi connectivity index (χ3v) is 4.24. The molecule has 0 bridgehead atoms. The molecule has 0 saturated carbocycles. The van der Waals surface area contributed by atoms with Gasteiger partial charge < -0.3 is 15.0 Å². The van der Waals surface area contributed by atoms with Gasteiger partial charge in [-0.2, -0.15) is 0 Å². The first kappa shape index (κ1) is 19.8. The largest absolute Gasteiger partial charge is 0.489 e. The van der Waals surface area contributed by atoms with Gasteiger partial charge in [0.1, 0.15) is 5.75 Å². The zero-order valence-electron chi connectivity index (χ0n) is 15.1. The predicted octanol–water partition coefficient (Wildman–Crippen LogP) is 4.93. The third kappa shape index (κ3) is 5.74. The average Bonchev–Trinajstić information content (AvgIpc) is 2.84. The van der Waals surface area contributed by atoms with Gasteiger partial charge in [-0.15, -0.1) is 0 Å². The summed E-state index contributed by atoms with van der Waals surface area (Å²) in [4.78, 5) is 16.5. The highest BCUT2D eigenvalue weighted by Gasteiger charge is 2.17. The van der Waals surface area contributed by atoms with Crippen LogP contribution in [-0.2, 0) is 16.3 Å². The maximum Gasteiger partial charge on any atom is 0.203 e. The Balaban J connectivity index is 1.74. The molecule has 0 aromatic heterocycles. The van der Waals surface area contributed by atoms with Gasteiger partial charge >= 0.3 is 0 Å². The van der Waals surface area contributed by atoms with Gasteiger partial charge in [-0.3, -0.25) is 0 Å². The minimum atomic E-state index is 0.0525. The number of aliphatic imine (C=N–C) groups is 1. The van der Waals surface area contributed by atoms with Crippen molar-refractivity contribution in [1.29, 1.82) is 0 Å². The number of halogens is 2. The molecule has 27 heavy (non-hydrogen) atoms. The van der Waals surface area contributed by atoms with E-state index in [1.54, 1.807) is 6.07 Å². The molecule has 8 heteroatoms. The SMILES string of the molecule is CC(C)Oc1ccc(NC2=NCOOCN2Cc2ccc(Cl)cc2)cc1Cl. The summed E-state index contributed by atoms with van der Waals surface area (Å²) >= 11 is 12.3. The van der Waals surface area contributed by atoms with Crippen LogP contribution < -0.4 is 10.1 Å². The summed E-state index contributed by atoms with van der Waals surface area (Å²) < 4.78 is 5.67. The minimum absolute atomic E-state index is 0.0525. The van der Waals surface area contributed by atoms with Crippen LogP contribution >= 0.6 is 23.2 Å². The number of anilines is 1. The second-order valence-corrected chi connectivity index (χ2v) is 7.08. The van der Waals surface area contributed by atoms with Crippen molar-refractivity contribution in [3.8, 4) is 5.75 Å². The second kappa shape index (κ2) is 9.28. The van der Waals surface area contributed by atoms with Gasteiger partial charge in [0.2, 0.25) is 5.96 Å². The van der Waals surface area contributed by atoms with Crippen LogP contribution in [0.2, 0.25) is 10.0 Å². The molecule has 0 amide bonds. The van der Waals surface area contributed by atoms with E-state index in [2.05, 4.69) is 10.3 Å². The Hall–Kier alpha value is -1.99. The molecule has 0 saturated heterocycles. The van der Waals surface area contributed by atoms with E-state index < -0.39 is 0 Å². The lowest BCUT2D eigenvalue weighted by atomic mass is 10.2. The predicted molar refractivity (Wildman–Crippen MR) is 107 cm³/mol. The summed E-state index contributed by atoms with van der Waals surface area (Å²) in [7, 11) is 0. The van der Waals surface area contributed by atoms with E-state index in [4.69, 9.17) is 37.7 Å². The number of nitrogens with one attached hydrogen (secondary N) is 1. The van der Waals surface area contributed by atoms with Gasteiger partial charge in [0.15, 0.2) is 13.5 Å². The van der Waals surface area contributed by atoms with Crippen molar-refractivity contribution < 1.29 is 14.5 Å². The van der Waals surface area contributed by atoms with Gasteiger partial charge in [-0.25, -0.2) is 14.8 Å². The fourth-order valence-corrected chi connectivity index (χ4v) is 2.84. The molecule has 0 spiro atoms. The minimum Gasteiger partial charge on any atom is -0.489 e. The summed E-state index contributed by atoms with van der Waals surface area (Å²) in [6, 6.07) is 13.1. The van der Waals surface area contributed by atoms with Crippen LogP contribution in [-0.4, -0.2) is 30.4 Å². The van der Waals surface area contributed by atoms with Gasteiger partial charge in [-0.05, 0) is 49.7 Å². The lowest BCUT2D eigenvalue weighted by Crippen LogP contribution is -2.36. The van der Waals surface area contributed by atoms with Crippen LogP contribution in [0.25, 0.3) is 0 Å². The van der Waals surface area contributed by atoms with Gasteiger partial charge in [-0.1, -0.05) is 35.3 Å². The van der Waals surface area contributed by atoms with Crippen molar-refractivity contribution in [3.63, 3.8) is 0 Å². The molecule has 2 aromatic rings. The molecule has 0 aliphatic carbocycles. The molecule has 1 aliphatic heterocycles. The Morgan fingerprint density at radius 1 is 1.15 bits per heavy atom. The monoisotopic (exact) mass is 409 g/mol. The number of hydrogen-bond acceptors (Lipinski definition) is 6. The van der Waals surface area contributed by atoms with Crippen molar-refractivity contribution in [3.05, 3.63) is 58.1 Å². The van der Waals surface area contributed by atoms with Crippen molar-refractivity contribution in [1.82, 2.24) is 4.90 Å². The maximum atomic E-state index is 6.32. The Labute approximate surface area is 168 Å². The molecule has 0 radical (unpaired) electrons. The van der Waals surface area contributed by atoms with Gasteiger partial charge in [0, 0.05) is 17.3 Å². The third-order valence-electron chi connectivity index (χ3n) is 3.70. The molecule has 1 N–H and O–H groups in total. The fraction of sp³-hybridized carbons (Fsp3) is 0.316. The lowest BCUT2D eigenvalue weighted by Gasteiger charge is -2.24. The van der Waals surface area contributed by atoms with E-state index in [1.807, 2.05) is 55.1 Å². The number of guanidine groups is 1. The molecule has 2 aromatic carbocycles. The molecule has 1 heterocycles. The molecule has 0 atom stereocenters. The highest BCUT2D eigenvalue weighted by atomic mass is 35.5. The van der Waals surface area contributed by atoms with Gasteiger partial charge in [0.25, 0.3) is 0 Å². The number of hydrogen-bond donors (Lipinski definition) is 1. The lowest BCUT2D eigenvalue weighted by molar-refractivity contribution is -0.304. The highest BCUT2D eigenvalue weighted by molar-refractivity contribution is 6.32. The van der Waals surface area contributed by atoms with Gasteiger partial charge in [0.05, 0.1) is 11.1 Å². The van der Waals surface area contributed by atoms with Crippen LogP contribution in [0.4, 0.5) is 5.69 Å². The van der Waals surface area contributed by atoms with E-state index in [1.165, 1.54) is 0 Å². The number of rotatable bonds is 5. The van der Waals surface area contributed by atoms with Crippen LogP contribution in [0.15, 0.2) is 47.5 Å². The zero-order valence-corrected chi connectivity index (χ0v) is 16.6. The standard InChI is InChI=1S/C19H21Cl2N3O3/c1-13(2)27-18-8-7-16(9-17(18)21)23-19-22-11-25-26-12-24(19)10-14-3-5-15(20)6-4-14/h3-9,13H,10-12H2,1-2H3,(H,22,23). The molecule has 0 fully saturated rings. The molecular weight excluding hydrogens is 389 g/mol. The van der Waals surface area contributed by atoms with Crippen LogP contribution in [0.5, 0.6) is 5.75 Å². The molecule has 144 valence electrons. The summed E-state index contributed by atoms with van der Waals surface area (Å²) in [5, 5.41) is 4.50. The average molecular weight is 410 g/mol. The Kier molecular flexibility index (Phi) is 6.79. The Morgan fingerprint density at radius 3 is 2.63 bits per heavy atom. The van der Waals surface area contributed by atoms with E-state index in [0.717, 1.165) is 11.3 Å². The summed E-state index contributed by atoms with van der Waals surface area (Å²) in [6.45, 7) is 4.82. The zero-order chi connectivity index (χ0) is 19.2. The first-order valence-corrected chi connectivity index (χ1v) is 9.28. The van der Waals surface area contributed by atoms with E-state index >= 15 is 0 Å². The molecule has 6 nitrogen and oxygen atoms in total. The van der Waals surface area contributed by atoms with Crippen LogP contribution in [0, 0.1) is 0 Å². The second-order valence-electron chi connectivity index (χ2n) is 6.24. The van der Waals surface area contributed by atoms with Crippen molar-refractivity contribution in [2.75, 3.05) is 18.8 Å². The summed E-state index contributed by atoms with van der Waals surface area (Å²) in [5.41, 5.74) is 1.86. The molecule has 0 unspecified atom stereocenters. The van der Waals surface area contributed by atoms with Crippen molar-refractivity contribution >= 4 is 34.8 Å². The van der Waals surface area contributed by atoms with E-state index in [9.17, 15) is 0 Å². The summed E-state index contributed by atoms with van der Waals surface area (Å²) in [5.74, 6) is 1.26. The smallest absolute Gasteiger partial charge is 0.203 e. The van der Waals surface area contributed by atoms with Crippen molar-refractivity contribution in [2.45, 2.75) is 26.5 Å². The first-order valence-electron chi connectivity index (χ1n) is 8.53.